The molecule has 0 saturated carbocycles. The Kier molecular flexibility index (Phi) is 4.94. The Bertz CT molecular complexity index is 319. The molecule has 1 atom stereocenters. The van der Waals surface area contributed by atoms with E-state index in [-0.39, 0.29) is 26.1 Å². The fourth-order valence-electron chi connectivity index (χ4n) is 1.67. The van der Waals surface area contributed by atoms with Crippen molar-refractivity contribution in [3.8, 4) is 0 Å². The number of hydrogen-bond donors (Lipinski definition) is 1. The number of alkyl halides is 3. The molecule has 1 fully saturated rings. The topological polar surface area (TPSA) is 66.8 Å². The number of carboxylic acid groups (broad SMARTS) is 1. The van der Waals surface area contributed by atoms with Crippen LogP contribution >= 0.6 is 0 Å². The van der Waals surface area contributed by atoms with Crippen molar-refractivity contribution in [1.29, 1.82) is 0 Å². The van der Waals surface area contributed by atoms with Crippen molar-refractivity contribution in [2.75, 3.05) is 19.7 Å². The van der Waals surface area contributed by atoms with Crippen LogP contribution in [-0.4, -0.2) is 53.9 Å². The summed E-state index contributed by atoms with van der Waals surface area (Å²) < 4.78 is 41.0. The maximum atomic E-state index is 12.0. The number of halogens is 3. The highest BCUT2D eigenvalue weighted by molar-refractivity contribution is 5.76. The summed E-state index contributed by atoms with van der Waals surface area (Å²) in [6.45, 7) is 0.380. The van der Waals surface area contributed by atoms with Crippen LogP contribution in [0, 0.1) is 0 Å². The predicted molar refractivity (Wildman–Crippen MR) is 53.9 cm³/mol. The van der Waals surface area contributed by atoms with Crippen LogP contribution in [0.4, 0.5) is 13.2 Å². The first-order valence-corrected chi connectivity index (χ1v) is 5.46. The molecule has 104 valence electrons. The van der Waals surface area contributed by atoms with Gasteiger partial charge in [0.25, 0.3) is 0 Å². The number of ether oxygens (including phenoxy) is 1. The second-order valence-corrected chi connectivity index (χ2v) is 4.05. The third-order valence-corrected chi connectivity index (χ3v) is 2.52. The van der Waals surface area contributed by atoms with Crippen molar-refractivity contribution in [2.24, 2.45) is 0 Å². The third kappa shape index (κ3) is 5.35. The predicted octanol–water partition coefficient (Wildman–Crippen LogP) is 1.03. The van der Waals surface area contributed by atoms with Gasteiger partial charge in [-0.2, -0.15) is 13.2 Å². The molecule has 0 radical (unpaired) electrons. The summed E-state index contributed by atoms with van der Waals surface area (Å²) in [5, 5.41) is 8.57. The molecule has 18 heavy (non-hydrogen) atoms. The van der Waals surface area contributed by atoms with Crippen LogP contribution < -0.4 is 0 Å². The van der Waals surface area contributed by atoms with Crippen molar-refractivity contribution < 1.29 is 32.6 Å². The second-order valence-electron chi connectivity index (χ2n) is 4.05. The van der Waals surface area contributed by atoms with E-state index in [0.29, 0.717) is 0 Å². The number of morpholine rings is 1. The van der Waals surface area contributed by atoms with E-state index in [4.69, 9.17) is 9.84 Å². The number of nitrogens with zero attached hydrogens (tertiary/aromatic N) is 1. The summed E-state index contributed by atoms with van der Waals surface area (Å²) in [5.41, 5.74) is 0. The van der Waals surface area contributed by atoms with E-state index < -0.39 is 37.0 Å². The normalized spacial score (nSPS) is 20.8. The summed E-state index contributed by atoms with van der Waals surface area (Å²) in [6, 6.07) is 0. The first kappa shape index (κ1) is 14.7. The fraction of sp³-hybridized carbons (Fsp3) is 0.800. The Morgan fingerprint density at radius 3 is 2.61 bits per heavy atom. The largest absolute Gasteiger partial charge is 0.481 e. The van der Waals surface area contributed by atoms with Crippen molar-refractivity contribution >= 4 is 11.9 Å². The average molecular weight is 269 g/mol. The maximum Gasteiger partial charge on any atom is 0.389 e. The lowest BCUT2D eigenvalue weighted by atomic mass is 10.2. The van der Waals surface area contributed by atoms with Gasteiger partial charge in [-0.05, 0) is 0 Å². The molecule has 1 rings (SSSR count). The van der Waals surface area contributed by atoms with E-state index in [9.17, 15) is 22.8 Å². The Morgan fingerprint density at radius 1 is 1.39 bits per heavy atom. The molecule has 1 aliphatic rings. The molecule has 1 N–H and O–H groups in total. The van der Waals surface area contributed by atoms with Gasteiger partial charge in [0.1, 0.15) is 0 Å². The van der Waals surface area contributed by atoms with E-state index in [1.807, 2.05) is 0 Å². The molecule has 0 bridgehead atoms. The lowest BCUT2D eigenvalue weighted by Gasteiger charge is -2.32. The molecule has 5 nitrogen and oxygen atoms in total. The summed E-state index contributed by atoms with van der Waals surface area (Å²) in [6.07, 6.45) is -7.03. The summed E-state index contributed by atoms with van der Waals surface area (Å²) in [5.74, 6) is -1.68. The number of rotatable bonds is 4. The van der Waals surface area contributed by atoms with Gasteiger partial charge in [-0.3, -0.25) is 9.59 Å². The fourth-order valence-corrected chi connectivity index (χ4v) is 1.67. The molecule has 1 aliphatic heterocycles. The van der Waals surface area contributed by atoms with Gasteiger partial charge in [-0.15, -0.1) is 0 Å². The van der Waals surface area contributed by atoms with Gasteiger partial charge in [0, 0.05) is 19.5 Å². The van der Waals surface area contributed by atoms with Crippen molar-refractivity contribution in [3.63, 3.8) is 0 Å². The number of carbonyl (C=O) groups is 2. The Balaban J connectivity index is 2.41. The molecule has 1 unspecified atom stereocenters. The van der Waals surface area contributed by atoms with E-state index in [2.05, 4.69) is 0 Å². The van der Waals surface area contributed by atoms with Crippen LogP contribution in [-0.2, 0) is 14.3 Å². The molecule has 1 amide bonds. The van der Waals surface area contributed by atoms with Crippen LogP contribution in [0.25, 0.3) is 0 Å². The number of amides is 1. The number of carboxylic acids is 1. The van der Waals surface area contributed by atoms with E-state index in [0.717, 1.165) is 0 Å². The minimum atomic E-state index is -4.36. The second kappa shape index (κ2) is 6.03. The standard InChI is InChI=1S/C10H14F3NO4/c11-10(12,13)2-1-8(15)14-3-4-18-7(6-14)5-9(16)17/h7H,1-6H2,(H,16,17). The number of carbonyl (C=O) groups excluding carboxylic acids is 1. The molecule has 0 aliphatic carbocycles. The van der Waals surface area contributed by atoms with Gasteiger partial charge in [0.05, 0.1) is 25.6 Å². The molecule has 0 aromatic rings. The molecule has 0 aromatic carbocycles. The van der Waals surface area contributed by atoms with Gasteiger partial charge in [-0.1, -0.05) is 0 Å². The highest BCUT2D eigenvalue weighted by Crippen LogP contribution is 2.22. The molecule has 0 aromatic heterocycles. The van der Waals surface area contributed by atoms with Crippen LogP contribution in [0.1, 0.15) is 19.3 Å². The van der Waals surface area contributed by atoms with Crippen molar-refractivity contribution in [2.45, 2.75) is 31.5 Å². The average Bonchev–Trinajstić information content (AvgIpc) is 2.24. The number of hydrogen-bond acceptors (Lipinski definition) is 3. The summed E-state index contributed by atoms with van der Waals surface area (Å²) in [4.78, 5) is 23.2. The molecule has 8 heteroatoms. The van der Waals surface area contributed by atoms with Crippen LogP contribution in [0.15, 0.2) is 0 Å². The zero-order valence-electron chi connectivity index (χ0n) is 9.57. The van der Waals surface area contributed by atoms with Crippen molar-refractivity contribution in [1.82, 2.24) is 4.90 Å². The summed E-state index contributed by atoms with van der Waals surface area (Å²) >= 11 is 0. The lowest BCUT2D eigenvalue weighted by Crippen LogP contribution is -2.46. The lowest BCUT2D eigenvalue weighted by molar-refractivity contribution is -0.155. The quantitative estimate of drug-likeness (QED) is 0.827. The zero-order chi connectivity index (χ0) is 13.8. The Labute approximate surface area is 102 Å². The first-order chi connectivity index (χ1) is 8.28. The van der Waals surface area contributed by atoms with E-state index in [1.54, 1.807) is 0 Å². The van der Waals surface area contributed by atoms with Gasteiger partial charge < -0.3 is 14.7 Å². The molecule has 0 spiro atoms. The van der Waals surface area contributed by atoms with Crippen LogP contribution in [0.5, 0.6) is 0 Å². The highest BCUT2D eigenvalue weighted by Gasteiger charge is 2.31. The van der Waals surface area contributed by atoms with Gasteiger partial charge in [0.15, 0.2) is 0 Å². The van der Waals surface area contributed by atoms with Gasteiger partial charge in [-0.25, -0.2) is 0 Å². The maximum absolute atomic E-state index is 12.0. The monoisotopic (exact) mass is 269 g/mol. The third-order valence-electron chi connectivity index (χ3n) is 2.52. The van der Waals surface area contributed by atoms with Gasteiger partial charge in [0.2, 0.25) is 5.91 Å². The zero-order valence-corrected chi connectivity index (χ0v) is 9.57. The van der Waals surface area contributed by atoms with Crippen LogP contribution in [0.2, 0.25) is 0 Å². The van der Waals surface area contributed by atoms with E-state index >= 15 is 0 Å². The smallest absolute Gasteiger partial charge is 0.389 e. The molecule has 1 heterocycles. The first-order valence-electron chi connectivity index (χ1n) is 5.46. The molecular formula is C10H14F3NO4. The minimum absolute atomic E-state index is 0.0307. The van der Waals surface area contributed by atoms with E-state index in [1.165, 1.54) is 4.90 Å². The summed E-state index contributed by atoms with van der Waals surface area (Å²) in [7, 11) is 0. The Hall–Kier alpha value is -1.31. The Morgan fingerprint density at radius 2 is 2.06 bits per heavy atom. The highest BCUT2D eigenvalue weighted by atomic mass is 19.4. The number of aliphatic carboxylic acids is 1. The van der Waals surface area contributed by atoms with Crippen molar-refractivity contribution in [3.05, 3.63) is 0 Å². The van der Waals surface area contributed by atoms with Crippen LogP contribution in [0.3, 0.4) is 0 Å². The van der Waals surface area contributed by atoms with Gasteiger partial charge >= 0.3 is 12.1 Å². The minimum Gasteiger partial charge on any atom is -0.481 e. The SMILES string of the molecule is O=C(O)CC1CN(C(=O)CCC(F)(F)F)CCO1. The molecule has 1 saturated heterocycles. The molecular weight excluding hydrogens is 255 g/mol.